The SMILES string of the molecule is CC[C@H]1CCCC[C@@H](C)C(=O)C2=CC3[C@@H]4C[C@H](O[C@H](OC)/C(OC)=C(/C)OC)CC4c4c(nc(-c5ccccc5)n4CC)[C@H]3[C@@H]2CC(=O)O1. The Bertz CT molecular complexity index is 1560. The van der Waals surface area contributed by atoms with Gasteiger partial charge in [0.15, 0.2) is 11.5 Å². The number of Topliss-reactive ketones (excluding diaryl/α,β-unsaturated/α-hetero) is 1. The molecule has 3 aliphatic carbocycles. The number of nitrogens with zero attached hydrogens (tertiary/aromatic N) is 2. The fraction of sp³-hybridized carbons (Fsp3) is 0.625. The van der Waals surface area contributed by atoms with Gasteiger partial charge in [0.25, 0.3) is 0 Å². The second kappa shape index (κ2) is 15.2. The number of hydrogen-bond donors (Lipinski definition) is 0. The van der Waals surface area contributed by atoms with Crippen LogP contribution in [-0.4, -0.2) is 61.1 Å². The monoisotopic (exact) mass is 674 g/mol. The summed E-state index contributed by atoms with van der Waals surface area (Å²) in [6.45, 7) is 8.90. The summed E-state index contributed by atoms with van der Waals surface area (Å²) < 4.78 is 32.1. The van der Waals surface area contributed by atoms with E-state index in [0.717, 1.165) is 74.1 Å². The number of esters is 1. The van der Waals surface area contributed by atoms with Gasteiger partial charge in [-0.25, -0.2) is 4.98 Å². The normalized spacial score (nSPS) is 31.1. The van der Waals surface area contributed by atoms with Gasteiger partial charge in [0, 0.05) is 48.6 Å². The lowest BCUT2D eigenvalue weighted by Gasteiger charge is -2.38. The van der Waals surface area contributed by atoms with Crippen molar-refractivity contribution in [2.75, 3.05) is 21.3 Å². The highest BCUT2D eigenvalue weighted by Gasteiger charge is 2.56. The number of fused-ring (bicyclic) bond motifs is 8. The summed E-state index contributed by atoms with van der Waals surface area (Å²) in [5.74, 6) is 1.91. The molecule has 6 rings (SSSR count). The molecule has 9 heteroatoms. The molecule has 4 aliphatic rings. The second-order valence-electron chi connectivity index (χ2n) is 14.3. The molecule has 0 amide bonds. The lowest BCUT2D eigenvalue weighted by atomic mass is 9.66. The Morgan fingerprint density at radius 1 is 1.02 bits per heavy atom. The van der Waals surface area contributed by atoms with Crippen LogP contribution in [0.25, 0.3) is 11.4 Å². The van der Waals surface area contributed by atoms with Gasteiger partial charge in [-0.15, -0.1) is 0 Å². The van der Waals surface area contributed by atoms with E-state index in [1.54, 1.807) is 21.3 Å². The number of hydrogen-bond acceptors (Lipinski definition) is 8. The zero-order valence-corrected chi connectivity index (χ0v) is 30.3. The molecule has 0 spiro atoms. The molecule has 0 radical (unpaired) electrons. The van der Waals surface area contributed by atoms with Gasteiger partial charge in [0.2, 0.25) is 6.29 Å². The Kier molecular flexibility index (Phi) is 11.0. The summed E-state index contributed by atoms with van der Waals surface area (Å²) in [6.07, 6.45) is 7.42. The molecule has 1 aliphatic heterocycles. The van der Waals surface area contributed by atoms with Gasteiger partial charge >= 0.3 is 5.97 Å². The summed E-state index contributed by atoms with van der Waals surface area (Å²) >= 11 is 0. The third-order valence-electron chi connectivity index (χ3n) is 11.6. The van der Waals surface area contributed by atoms with Crippen LogP contribution in [0.4, 0.5) is 0 Å². The molecule has 9 nitrogen and oxygen atoms in total. The van der Waals surface area contributed by atoms with E-state index in [9.17, 15) is 9.59 Å². The van der Waals surface area contributed by atoms with Crippen LogP contribution >= 0.6 is 0 Å². The van der Waals surface area contributed by atoms with Gasteiger partial charge in [-0.05, 0) is 69.8 Å². The lowest BCUT2D eigenvalue weighted by Crippen LogP contribution is -2.33. The first kappa shape index (κ1) is 35.4. The number of methoxy groups -OCH3 is 3. The van der Waals surface area contributed by atoms with Crippen molar-refractivity contribution in [2.24, 2.45) is 23.7 Å². The molecule has 2 unspecified atom stereocenters. The van der Waals surface area contributed by atoms with E-state index in [1.807, 2.05) is 25.1 Å². The maximum absolute atomic E-state index is 14.3. The van der Waals surface area contributed by atoms with Crippen molar-refractivity contribution in [1.82, 2.24) is 9.55 Å². The van der Waals surface area contributed by atoms with E-state index in [1.165, 1.54) is 5.69 Å². The summed E-state index contributed by atoms with van der Waals surface area (Å²) in [7, 11) is 4.82. The fourth-order valence-corrected chi connectivity index (χ4v) is 9.18. The smallest absolute Gasteiger partial charge is 0.306 e. The number of ether oxygens (including phenoxy) is 5. The Morgan fingerprint density at radius 2 is 1.78 bits per heavy atom. The number of benzene rings is 1. The van der Waals surface area contributed by atoms with Crippen LogP contribution in [0.15, 0.2) is 53.5 Å². The number of rotatable bonds is 9. The van der Waals surface area contributed by atoms with Crippen molar-refractivity contribution in [1.29, 1.82) is 0 Å². The molecule has 0 bridgehead atoms. The van der Waals surface area contributed by atoms with Crippen LogP contribution < -0.4 is 0 Å². The Hall–Kier alpha value is -3.43. The molecule has 2 fully saturated rings. The molecule has 1 aromatic carbocycles. The average Bonchev–Trinajstić information content (AvgIpc) is 3.82. The number of aromatic nitrogens is 2. The number of carbonyl (C=O) groups excluding carboxylic acids is 2. The zero-order valence-electron chi connectivity index (χ0n) is 30.3. The first-order valence-corrected chi connectivity index (χ1v) is 18.3. The maximum Gasteiger partial charge on any atom is 0.306 e. The molecule has 49 heavy (non-hydrogen) atoms. The molecular formula is C40H54N2O7. The van der Waals surface area contributed by atoms with E-state index < -0.39 is 6.29 Å². The summed E-state index contributed by atoms with van der Waals surface area (Å²) in [4.78, 5) is 33.4. The highest BCUT2D eigenvalue weighted by Crippen LogP contribution is 2.62. The third-order valence-corrected chi connectivity index (χ3v) is 11.6. The number of ketones is 1. The zero-order chi connectivity index (χ0) is 34.8. The van der Waals surface area contributed by atoms with Gasteiger partial charge in [0.1, 0.15) is 17.7 Å². The van der Waals surface area contributed by atoms with Crippen molar-refractivity contribution in [2.45, 2.75) is 116 Å². The fourth-order valence-electron chi connectivity index (χ4n) is 9.18. The van der Waals surface area contributed by atoms with E-state index in [-0.39, 0.29) is 65.9 Å². The van der Waals surface area contributed by atoms with E-state index in [0.29, 0.717) is 11.5 Å². The van der Waals surface area contributed by atoms with Crippen molar-refractivity contribution >= 4 is 11.8 Å². The van der Waals surface area contributed by atoms with Crippen LogP contribution in [-0.2, 0) is 39.8 Å². The van der Waals surface area contributed by atoms with Gasteiger partial charge in [-0.3, -0.25) is 9.59 Å². The largest absolute Gasteiger partial charge is 0.498 e. The molecule has 1 saturated carbocycles. The predicted molar refractivity (Wildman–Crippen MR) is 186 cm³/mol. The van der Waals surface area contributed by atoms with Crippen LogP contribution in [0, 0.1) is 23.7 Å². The minimum atomic E-state index is -0.720. The average molecular weight is 675 g/mol. The third kappa shape index (κ3) is 6.73. The maximum atomic E-state index is 14.3. The minimum Gasteiger partial charge on any atom is -0.498 e. The highest BCUT2D eigenvalue weighted by molar-refractivity contribution is 5.99. The molecular weight excluding hydrogens is 620 g/mol. The van der Waals surface area contributed by atoms with E-state index >= 15 is 0 Å². The van der Waals surface area contributed by atoms with Crippen molar-refractivity contribution < 1.29 is 33.3 Å². The van der Waals surface area contributed by atoms with E-state index in [2.05, 4.69) is 43.5 Å². The Morgan fingerprint density at radius 3 is 2.45 bits per heavy atom. The molecule has 1 aromatic heterocycles. The lowest BCUT2D eigenvalue weighted by molar-refractivity contribution is -0.154. The molecule has 9 atom stereocenters. The first-order chi connectivity index (χ1) is 23.7. The second-order valence-corrected chi connectivity index (χ2v) is 14.3. The van der Waals surface area contributed by atoms with E-state index in [4.69, 9.17) is 28.7 Å². The van der Waals surface area contributed by atoms with Gasteiger partial charge in [-0.1, -0.05) is 56.7 Å². The van der Waals surface area contributed by atoms with Crippen LogP contribution in [0.5, 0.6) is 0 Å². The molecule has 2 heterocycles. The molecule has 1 saturated heterocycles. The van der Waals surface area contributed by atoms with Crippen LogP contribution in [0.2, 0.25) is 0 Å². The summed E-state index contributed by atoms with van der Waals surface area (Å²) in [5, 5.41) is 0. The Balaban J connectivity index is 1.45. The highest BCUT2D eigenvalue weighted by atomic mass is 16.7. The quantitative estimate of drug-likeness (QED) is 0.152. The topological polar surface area (TPSA) is 98.1 Å². The van der Waals surface area contributed by atoms with Crippen molar-refractivity contribution in [3.8, 4) is 11.4 Å². The number of imidazole rings is 1. The molecule has 0 N–H and O–H groups in total. The number of carbonyl (C=O) groups is 2. The molecule has 2 aromatic rings. The van der Waals surface area contributed by atoms with Crippen molar-refractivity contribution in [3.05, 3.63) is 64.9 Å². The summed E-state index contributed by atoms with van der Waals surface area (Å²) in [6, 6.07) is 10.3. The van der Waals surface area contributed by atoms with Gasteiger partial charge < -0.3 is 28.3 Å². The van der Waals surface area contributed by atoms with Crippen LogP contribution in [0.1, 0.15) is 102 Å². The number of allylic oxidation sites excluding steroid dienone is 3. The predicted octanol–water partition coefficient (Wildman–Crippen LogP) is 7.71. The van der Waals surface area contributed by atoms with Crippen molar-refractivity contribution in [3.63, 3.8) is 0 Å². The number of cyclic esters (lactones) is 1. The first-order valence-electron chi connectivity index (χ1n) is 18.3. The standard InChI is InChI=1S/C40H54N2O7/c1-8-26-18-14-13-15-23(3)37(44)32-21-29-28-19-27(49-40(47-7)38(46-6)24(4)45-5)20-31(28)36-35(34(29)30(32)22-33(43)48-26)41-39(42(36)9-2)25-16-11-10-12-17-25/h10-12,16-17,21,23,26-31,34,40H,8-9,13-15,18-20,22H2,1-7H3/b38-24+/t23-,26+,27+,28+,29?,30-,31?,34-,40+/m1/s1. The van der Waals surface area contributed by atoms with Crippen LogP contribution in [0.3, 0.4) is 0 Å². The summed E-state index contributed by atoms with van der Waals surface area (Å²) in [5.41, 5.74) is 4.09. The Labute approximate surface area is 291 Å². The van der Waals surface area contributed by atoms with Gasteiger partial charge in [-0.2, -0.15) is 0 Å². The minimum absolute atomic E-state index is 0.0464. The molecule has 266 valence electrons. The van der Waals surface area contributed by atoms with Gasteiger partial charge in [0.05, 0.1) is 32.4 Å².